The summed E-state index contributed by atoms with van der Waals surface area (Å²) in [6.45, 7) is 7.37. The molecule has 0 saturated carbocycles. The number of carbonyl (C=O) groups excluding carboxylic acids is 3. The van der Waals surface area contributed by atoms with Crippen molar-refractivity contribution >= 4 is 31.5 Å². The molecule has 6 unspecified atom stereocenters. The van der Waals surface area contributed by atoms with Gasteiger partial charge in [-0.15, -0.1) is 5.98 Å². The van der Waals surface area contributed by atoms with Gasteiger partial charge < -0.3 is 31.1 Å². The molecule has 6 atom stereocenters. The number of phenols is 1. The highest BCUT2D eigenvalue weighted by atomic mass is 16.4. The summed E-state index contributed by atoms with van der Waals surface area (Å²) in [6.07, 6.45) is 7.11. The summed E-state index contributed by atoms with van der Waals surface area (Å²) in [7, 11) is 1.99. The van der Waals surface area contributed by atoms with Gasteiger partial charge >= 0.3 is 5.97 Å². The maximum absolute atomic E-state index is 13.6. The van der Waals surface area contributed by atoms with Crippen LogP contribution in [0.25, 0.3) is 0 Å². The number of carboxylic acids is 1. The second-order valence-electron chi connectivity index (χ2n) is 12.5. The molecule has 47 heavy (non-hydrogen) atoms. The molecular formula is C34H51BN4O8. The molecule has 1 aromatic rings. The van der Waals surface area contributed by atoms with Gasteiger partial charge in [-0.1, -0.05) is 62.8 Å². The zero-order valence-electron chi connectivity index (χ0n) is 28.1. The lowest BCUT2D eigenvalue weighted by Crippen LogP contribution is -2.62. The van der Waals surface area contributed by atoms with E-state index in [-0.39, 0.29) is 25.1 Å². The zero-order chi connectivity index (χ0) is 35.1. The number of phenolic OH excluding ortho intramolecular Hbond substituents is 1. The van der Waals surface area contributed by atoms with Crippen LogP contribution in [-0.2, 0) is 25.6 Å². The minimum absolute atomic E-state index is 0.0000934. The Morgan fingerprint density at radius 2 is 1.85 bits per heavy atom. The number of aliphatic hydroxyl groups excluding tert-OH is 2. The third-order valence-electron chi connectivity index (χ3n) is 8.27. The normalized spacial score (nSPS) is 18.9. The van der Waals surface area contributed by atoms with E-state index in [0.29, 0.717) is 18.4 Å². The monoisotopic (exact) mass is 654 g/mol. The van der Waals surface area contributed by atoms with E-state index in [0.717, 1.165) is 12.8 Å². The van der Waals surface area contributed by atoms with E-state index in [9.17, 15) is 39.6 Å². The first-order chi connectivity index (χ1) is 22.2. The second kappa shape index (κ2) is 19.7. The highest BCUT2D eigenvalue weighted by Crippen LogP contribution is 2.17. The van der Waals surface area contributed by atoms with Gasteiger partial charge in [0.15, 0.2) is 0 Å². The molecule has 1 aromatic carbocycles. The number of amides is 3. The molecule has 1 heterocycles. The van der Waals surface area contributed by atoms with Crippen LogP contribution in [0.1, 0.15) is 65.4 Å². The van der Waals surface area contributed by atoms with Crippen LogP contribution >= 0.6 is 0 Å². The van der Waals surface area contributed by atoms with Gasteiger partial charge in [-0.2, -0.15) is 0 Å². The topological polar surface area (TPSA) is 189 Å². The van der Waals surface area contributed by atoms with Crippen LogP contribution in [0.4, 0.5) is 0 Å². The molecule has 0 bridgehead atoms. The van der Waals surface area contributed by atoms with E-state index < -0.39 is 65.9 Å². The molecule has 0 aromatic heterocycles. The van der Waals surface area contributed by atoms with Crippen molar-refractivity contribution in [3.05, 3.63) is 65.7 Å². The van der Waals surface area contributed by atoms with E-state index in [1.54, 1.807) is 45.1 Å². The lowest BCUT2D eigenvalue weighted by Gasteiger charge is -2.35. The second-order valence-corrected chi connectivity index (χ2v) is 12.5. The van der Waals surface area contributed by atoms with Gasteiger partial charge in [0.05, 0.1) is 18.6 Å². The number of carboxylic acid groups (broad SMARTS) is 1. The van der Waals surface area contributed by atoms with Gasteiger partial charge in [0.2, 0.25) is 11.8 Å². The maximum atomic E-state index is 13.6. The van der Waals surface area contributed by atoms with Crippen LogP contribution < -0.4 is 16.1 Å². The molecule has 13 heteroatoms. The number of hydrogen-bond donors (Lipinski definition) is 7. The van der Waals surface area contributed by atoms with Gasteiger partial charge in [-0.25, -0.2) is 5.43 Å². The first-order valence-corrected chi connectivity index (χ1v) is 16.2. The first-order valence-electron chi connectivity index (χ1n) is 16.2. The van der Waals surface area contributed by atoms with E-state index in [4.69, 9.17) is 0 Å². The molecule has 2 rings (SSSR count). The lowest BCUT2D eigenvalue weighted by molar-refractivity contribution is -0.148. The number of aliphatic hydroxyl groups is 2. The zero-order valence-corrected chi connectivity index (χ0v) is 28.1. The summed E-state index contributed by atoms with van der Waals surface area (Å²) in [5, 5.41) is 47.2. The van der Waals surface area contributed by atoms with Crippen molar-refractivity contribution in [2.75, 3.05) is 6.54 Å². The predicted molar refractivity (Wildman–Crippen MR) is 182 cm³/mol. The molecule has 12 nitrogen and oxygen atoms in total. The summed E-state index contributed by atoms with van der Waals surface area (Å²) in [4.78, 5) is 51.7. The molecule has 1 saturated heterocycles. The van der Waals surface area contributed by atoms with Crippen molar-refractivity contribution in [2.45, 2.75) is 96.6 Å². The Labute approximate surface area is 278 Å². The van der Waals surface area contributed by atoms with Gasteiger partial charge in [-0.05, 0) is 56.2 Å². The number of hydrogen-bond acceptors (Lipinski definition) is 8. The number of nitrogens with zero attached hydrogens (tertiary/aromatic N) is 1. The number of rotatable bonds is 17. The van der Waals surface area contributed by atoms with Crippen LogP contribution in [0.2, 0.25) is 0 Å². The van der Waals surface area contributed by atoms with Crippen LogP contribution in [0.5, 0.6) is 5.75 Å². The van der Waals surface area contributed by atoms with Crippen molar-refractivity contribution in [3.8, 4) is 5.75 Å². The third kappa shape index (κ3) is 13.4. The summed E-state index contributed by atoms with van der Waals surface area (Å²) in [5.74, 6) is -1.92. The summed E-state index contributed by atoms with van der Waals surface area (Å²) in [5.41, 5.74) is 4.56. The van der Waals surface area contributed by atoms with Gasteiger partial charge in [0, 0.05) is 18.9 Å². The number of aromatic hydroxyl groups is 1. The number of nitrogens with one attached hydrogen (secondary N) is 3. The Morgan fingerprint density at radius 3 is 2.49 bits per heavy atom. The Hall–Kier alpha value is -3.94. The van der Waals surface area contributed by atoms with Crippen LogP contribution in [0, 0.1) is 11.8 Å². The van der Waals surface area contributed by atoms with Crippen LogP contribution in [0.15, 0.2) is 60.1 Å². The molecule has 1 aliphatic heterocycles. The Bertz CT molecular complexity index is 1300. The minimum Gasteiger partial charge on any atom is -0.508 e. The fourth-order valence-electron chi connectivity index (χ4n) is 5.05. The van der Waals surface area contributed by atoms with E-state index in [1.807, 2.05) is 20.0 Å². The number of benzene rings is 1. The van der Waals surface area contributed by atoms with Crippen LogP contribution in [0.3, 0.4) is 0 Å². The average Bonchev–Trinajstić information content (AvgIpc) is 3.03. The molecule has 258 valence electrons. The van der Waals surface area contributed by atoms with Crippen molar-refractivity contribution in [1.29, 1.82) is 0 Å². The van der Waals surface area contributed by atoms with Crippen molar-refractivity contribution in [1.82, 2.24) is 21.1 Å². The first kappa shape index (κ1) is 39.2. The van der Waals surface area contributed by atoms with Gasteiger partial charge in [0.25, 0.3) is 5.91 Å². The minimum atomic E-state index is -1.20. The molecule has 0 radical (unpaired) electrons. The molecular weight excluding hydrogens is 603 g/mol. The van der Waals surface area contributed by atoms with E-state index in [1.165, 1.54) is 22.7 Å². The quantitative estimate of drug-likeness (QED) is 0.0960. The van der Waals surface area contributed by atoms with Crippen LogP contribution in [-0.4, -0.2) is 93.9 Å². The standard InChI is InChI=1S/C34H51BN4O8/c1-21(2)31(37-30(43)19-29(42)23(4)28(41)15-8-6-5-7-11-22(3)20-35)32(44)36-27(18-24-12-9-13-25(40)17-24)33(45)39-16-10-14-26(38-39)34(46)47/h5-6,8-9,12-13,15,17,20-21,23,26-29,31,38,40-42H,7,10-11,14,16,18-19,35H2,1-4H3,(H,36,44)(H,37,43)(H,46,47)/b6-5+,15-8+,22-20+. The third-order valence-corrected chi connectivity index (χ3v) is 8.27. The van der Waals surface area contributed by atoms with Gasteiger partial charge in [0.1, 0.15) is 31.7 Å². The molecule has 0 aliphatic carbocycles. The SMILES string of the molecule is B/C=C(\C)CC/C=C/C=C/C(O)C(C)C(O)CC(=O)NC(C(=O)NC(Cc1cccc(O)c1)C(=O)N1CCCC(C(=O)O)N1)C(C)C. The molecule has 0 spiro atoms. The number of carbonyl (C=O) groups is 4. The van der Waals surface area contributed by atoms with E-state index in [2.05, 4.69) is 29.0 Å². The largest absolute Gasteiger partial charge is 0.508 e. The molecule has 3 amide bonds. The maximum Gasteiger partial charge on any atom is 0.322 e. The van der Waals surface area contributed by atoms with Crippen molar-refractivity contribution < 1.29 is 39.6 Å². The predicted octanol–water partition coefficient (Wildman–Crippen LogP) is 1.32. The van der Waals surface area contributed by atoms with Gasteiger partial charge in [-0.3, -0.25) is 24.2 Å². The molecule has 1 fully saturated rings. The summed E-state index contributed by atoms with van der Waals surface area (Å²) >= 11 is 0. The Balaban J connectivity index is 2.08. The highest BCUT2D eigenvalue weighted by molar-refractivity contribution is 6.17. The number of allylic oxidation sites excluding steroid dienone is 4. The Morgan fingerprint density at radius 1 is 1.13 bits per heavy atom. The molecule has 1 aliphatic rings. The fraction of sp³-hybridized carbons (Fsp3) is 0.529. The average molecular weight is 655 g/mol. The van der Waals surface area contributed by atoms with E-state index >= 15 is 0 Å². The highest BCUT2D eigenvalue weighted by Gasteiger charge is 2.35. The summed E-state index contributed by atoms with van der Waals surface area (Å²) < 4.78 is 0. The fourth-order valence-corrected chi connectivity index (χ4v) is 5.05. The lowest BCUT2D eigenvalue weighted by atomic mass is 9.94. The van der Waals surface area contributed by atoms with Crippen molar-refractivity contribution in [3.63, 3.8) is 0 Å². The number of aliphatic carboxylic acids is 1. The summed E-state index contributed by atoms with van der Waals surface area (Å²) in [6, 6.07) is 3.07. The molecule has 7 N–H and O–H groups in total. The van der Waals surface area contributed by atoms with Crippen molar-refractivity contribution in [2.24, 2.45) is 11.8 Å². The Kier molecular flexibility index (Phi) is 16.4. The number of hydrazine groups is 1. The smallest absolute Gasteiger partial charge is 0.322 e.